The predicted octanol–water partition coefficient (Wildman–Crippen LogP) is 2.62. The van der Waals surface area contributed by atoms with Crippen molar-refractivity contribution in [1.29, 1.82) is 0 Å². The summed E-state index contributed by atoms with van der Waals surface area (Å²) in [6, 6.07) is 3.96. The minimum atomic E-state index is -0.0169. The van der Waals surface area contributed by atoms with E-state index in [2.05, 4.69) is 17.3 Å². The number of imidazole rings is 1. The molecule has 3 N–H and O–H groups in total. The summed E-state index contributed by atoms with van der Waals surface area (Å²) in [7, 11) is 0. The van der Waals surface area contributed by atoms with E-state index in [1.807, 2.05) is 22.8 Å². The monoisotopic (exact) mass is 355 g/mol. The molecule has 140 valence electrons. The lowest BCUT2D eigenvalue weighted by molar-refractivity contribution is -0.126. The smallest absolute Gasteiger partial charge is 0.223 e. The van der Waals surface area contributed by atoms with Crippen LogP contribution in [0.2, 0.25) is 0 Å². The Morgan fingerprint density at radius 3 is 2.85 bits per heavy atom. The number of nitrogens with zero attached hydrogens (tertiary/aromatic N) is 3. The van der Waals surface area contributed by atoms with E-state index < -0.39 is 0 Å². The van der Waals surface area contributed by atoms with Gasteiger partial charge in [-0.3, -0.25) is 4.79 Å². The Morgan fingerprint density at radius 1 is 1.27 bits per heavy atom. The van der Waals surface area contributed by atoms with Crippen LogP contribution >= 0.6 is 0 Å². The molecule has 2 aromatic heterocycles. The molecule has 1 aliphatic heterocycles. The highest BCUT2D eigenvalue weighted by molar-refractivity contribution is 5.79. The number of carbonyl (C=O) groups is 1. The summed E-state index contributed by atoms with van der Waals surface area (Å²) in [5.41, 5.74) is 9.23. The third kappa shape index (κ3) is 3.61. The van der Waals surface area contributed by atoms with Crippen molar-refractivity contribution in [3.8, 4) is 0 Å². The molecule has 0 bridgehead atoms. The molecule has 26 heavy (non-hydrogen) atoms. The summed E-state index contributed by atoms with van der Waals surface area (Å²) in [5, 5.41) is 7.63. The number of fused-ring (bicyclic) bond motifs is 1. The van der Waals surface area contributed by atoms with Gasteiger partial charge in [0.25, 0.3) is 0 Å². The molecular formula is C20H29N5O. The van der Waals surface area contributed by atoms with Crippen molar-refractivity contribution in [2.75, 3.05) is 6.54 Å². The molecule has 4 rings (SSSR count). The lowest BCUT2D eigenvalue weighted by Crippen LogP contribution is -2.37. The lowest BCUT2D eigenvalue weighted by atomic mass is 9.79. The molecule has 0 unspecified atom stereocenters. The number of aromatic nitrogens is 3. The Kier molecular flexibility index (Phi) is 4.94. The van der Waals surface area contributed by atoms with Crippen LogP contribution in [0.1, 0.15) is 62.9 Å². The first-order chi connectivity index (χ1) is 12.6. The number of hydrogen-bond donors (Lipinski definition) is 2. The molecule has 0 spiro atoms. The predicted molar refractivity (Wildman–Crippen MR) is 100 cm³/mol. The molecule has 2 atom stereocenters. The lowest BCUT2D eigenvalue weighted by Gasteiger charge is -2.29. The van der Waals surface area contributed by atoms with Crippen LogP contribution in [-0.4, -0.2) is 27.0 Å². The first-order valence-electron chi connectivity index (χ1n) is 9.98. The van der Waals surface area contributed by atoms with Crippen molar-refractivity contribution < 1.29 is 4.79 Å². The number of nitrogens with two attached hydrogens (primary N) is 1. The average Bonchev–Trinajstić information content (AvgIpc) is 3.07. The van der Waals surface area contributed by atoms with Gasteiger partial charge in [-0.1, -0.05) is 19.8 Å². The van der Waals surface area contributed by atoms with E-state index in [0.29, 0.717) is 12.3 Å². The highest BCUT2D eigenvalue weighted by Crippen LogP contribution is 2.35. The van der Waals surface area contributed by atoms with Gasteiger partial charge in [0, 0.05) is 18.9 Å². The van der Waals surface area contributed by atoms with Gasteiger partial charge >= 0.3 is 0 Å². The number of piperidine rings is 1. The van der Waals surface area contributed by atoms with Crippen LogP contribution in [0, 0.1) is 17.8 Å². The van der Waals surface area contributed by atoms with Gasteiger partial charge in [-0.15, -0.1) is 0 Å². The second-order valence-corrected chi connectivity index (χ2v) is 8.17. The van der Waals surface area contributed by atoms with Gasteiger partial charge in [-0.2, -0.15) is 5.10 Å². The van der Waals surface area contributed by atoms with E-state index in [4.69, 9.17) is 10.7 Å². The van der Waals surface area contributed by atoms with Crippen LogP contribution in [0.15, 0.2) is 18.3 Å². The van der Waals surface area contributed by atoms with Gasteiger partial charge in [0.2, 0.25) is 5.91 Å². The van der Waals surface area contributed by atoms with Gasteiger partial charge in [-0.25, -0.2) is 9.50 Å². The minimum Gasteiger partial charge on any atom is -0.356 e. The number of carbonyl (C=O) groups excluding carboxylic acids is 1. The summed E-state index contributed by atoms with van der Waals surface area (Å²) in [6.07, 6.45) is 9.53. The highest BCUT2D eigenvalue weighted by atomic mass is 16.1. The molecule has 2 fully saturated rings. The fourth-order valence-corrected chi connectivity index (χ4v) is 4.38. The summed E-state index contributed by atoms with van der Waals surface area (Å²) in [5.74, 6) is 1.52. The first kappa shape index (κ1) is 17.5. The van der Waals surface area contributed by atoms with Crippen molar-refractivity contribution in [2.45, 2.75) is 57.9 Å². The Morgan fingerprint density at radius 2 is 2.08 bits per heavy atom. The van der Waals surface area contributed by atoms with E-state index in [1.165, 1.54) is 25.7 Å². The maximum atomic E-state index is 12.0. The largest absolute Gasteiger partial charge is 0.356 e. The van der Waals surface area contributed by atoms with Gasteiger partial charge in [0.15, 0.2) is 5.65 Å². The maximum Gasteiger partial charge on any atom is 0.223 e. The molecule has 0 radical (unpaired) electrons. The molecular weight excluding hydrogens is 326 g/mol. The molecule has 0 aromatic carbocycles. The molecule has 1 amide bonds. The van der Waals surface area contributed by atoms with E-state index in [0.717, 1.165) is 42.3 Å². The van der Waals surface area contributed by atoms with Crippen molar-refractivity contribution in [2.24, 2.45) is 23.5 Å². The van der Waals surface area contributed by atoms with E-state index in [1.54, 1.807) is 0 Å². The zero-order valence-corrected chi connectivity index (χ0v) is 15.5. The zero-order chi connectivity index (χ0) is 18.1. The van der Waals surface area contributed by atoms with Crippen molar-refractivity contribution in [1.82, 2.24) is 19.9 Å². The Bertz CT molecular complexity index is 778. The summed E-state index contributed by atoms with van der Waals surface area (Å²) >= 11 is 0. The van der Waals surface area contributed by atoms with Crippen LogP contribution < -0.4 is 11.1 Å². The normalized spacial score (nSPS) is 28.1. The molecule has 6 nitrogen and oxygen atoms in total. The van der Waals surface area contributed by atoms with Crippen LogP contribution in [0.3, 0.4) is 0 Å². The summed E-state index contributed by atoms with van der Waals surface area (Å²) in [4.78, 5) is 16.7. The Hall–Kier alpha value is -1.95. The van der Waals surface area contributed by atoms with Crippen LogP contribution in [0.5, 0.6) is 0 Å². The second kappa shape index (κ2) is 7.35. The SMILES string of the molecule is C[C@H]1CC[C@H]([C@H](N)c2cn3nc(C[C@@H]4CCCNC4=O)ccc3n2)CC1. The number of amides is 1. The fraction of sp³-hybridized carbons (Fsp3) is 0.650. The van der Waals surface area contributed by atoms with Crippen LogP contribution in [0.4, 0.5) is 0 Å². The molecule has 2 aliphatic rings. The molecule has 1 aliphatic carbocycles. The van der Waals surface area contributed by atoms with Crippen molar-refractivity contribution in [3.63, 3.8) is 0 Å². The summed E-state index contributed by atoms with van der Waals surface area (Å²) in [6.45, 7) is 3.12. The first-order valence-corrected chi connectivity index (χ1v) is 9.98. The standard InChI is InChI=1S/C20H29N5O/c1-13-4-6-14(7-5-13)19(21)17-12-25-18(23-17)9-8-16(24-25)11-15-3-2-10-22-20(15)26/h8-9,12-15,19H,2-7,10-11,21H2,1H3,(H,22,26)/t13-,14-,15-,19-/m0/s1. The molecule has 6 heteroatoms. The maximum absolute atomic E-state index is 12.0. The third-order valence-corrected chi connectivity index (χ3v) is 6.16. The fourth-order valence-electron chi connectivity index (χ4n) is 4.38. The van der Waals surface area contributed by atoms with Crippen LogP contribution in [-0.2, 0) is 11.2 Å². The topological polar surface area (TPSA) is 85.3 Å². The van der Waals surface area contributed by atoms with Crippen molar-refractivity contribution in [3.05, 3.63) is 29.7 Å². The number of hydrogen-bond acceptors (Lipinski definition) is 4. The average molecular weight is 355 g/mol. The molecule has 3 heterocycles. The van der Waals surface area contributed by atoms with Gasteiger partial charge in [0.05, 0.1) is 23.6 Å². The zero-order valence-electron chi connectivity index (χ0n) is 15.5. The molecule has 1 saturated carbocycles. The van der Waals surface area contributed by atoms with Crippen LogP contribution in [0.25, 0.3) is 5.65 Å². The number of nitrogens with one attached hydrogen (secondary N) is 1. The Balaban J connectivity index is 1.49. The molecule has 2 aromatic rings. The van der Waals surface area contributed by atoms with E-state index in [9.17, 15) is 4.79 Å². The van der Waals surface area contributed by atoms with Gasteiger partial charge < -0.3 is 11.1 Å². The van der Waals surface area contributed by atoms with Gasteiger partial charge in [-0.05, 0) is 49.7 Å². The highest BCUT2D eigenvalue weighted by Gasteiger charge is 2.27. The molecule has 1 saturated heterocycles. The van der Waals surface area contributed by atoms with Gasteiger partial charge in [0.1, 0.15) is 0 Å². The quantitative estimate of drug-likeness (QED) is 0.883. The van der Waals surface area contributed by atoms with E-state index in [-0.39, 0.29) is 17.9 Å². The van der Waals surface area contributed by atoms with Crippen molar-refractivity contribution >= 4 is 11.6 Å². The van der Waals surface area contributed by atoms with E-state index >= 15 is 0 Å². The Labute approximate surface area is 154 Å². The second-order valence-electron chi connectivity index (χ2n) is 8.17. The number of rotatable bonds is 4. The minimum absolute atomic E-state index is 0.0169. The summed E-state index contributed by atoms with van der Waals surface area (Å²) < 4.78 is 1.83. The third-order valence-electron chi connectivity index (χ3n) is 6.16.